The van der Waals surface area contributed by atoms with Gasteiger partial charge in [0.05, 0.1) is 0 Å². The maximum Gasteiger partial charge on any atom is 0.163 e. The van der Waals surface area contributed by atoms with Crippen molar-refractivity contribution in [3.63, 3.8) is 0 Å². The van der Waals surface area contributed by atoms with E-state index in [0.29, 0.717) is 5.82 Å². The number of nitrogens with zero attached hydrogens (tertiary/aromatic N) is 3. The molecule has 1 aromatic carbocycles. The zero-order chi connectivity index (χ0) is 9.97. The molecule has 0 unspecified atom stereocenters. The summed E-state index contributed by atoms with van der Waals surface area (Å²) in [6.07, 6.45) is 2.92. The Morgan fingerprint density at radius 3 is 2.36 bits per heavy atom. The van der Waals surface area contributed by atoms with E-state index in [1.54, 1.807) is 0 Å². The second-order valence-electron chi connectivity index (χ2n) is 2.66. The van der Waals surface area contributed by atoms with Crippen molar-refractivity contribution in [2.24, 2.45) is 0 Å². The monoisotopic (exact) mass is 221 g/mol. The zero-order valence-corrected chi connectivity index (χ0v) is 8.91. The molecule has 0 aliphatic carbocycles. The van der Waals surface area contributed by atoms with Crippen LogP contribution < -0.4 is 0 Å². The van der Waals surface area contributed by atoms with E-state index in [9.17, 15) is 0 Å². The van der Waals surface area contributed by atoms with Gasteiger partial charge in [-0.25, -0.2) is 15.0 Å². The van der Waals surface area contributed by atoms with Crippen LogP contribution in [0.3, 0.4) is 0 Å². The molecule has 0 atom stereocenters. The Labute approximate surface area is 92.5 Å². The van der Waals surface area contributed by atoms with Crippen molar-refractivity contribution in [3.8, 4) is 11.4 Å². The molecule has 14 heavy (non-hydrogen) atoms. The Balaban J connectivity index is 2.53. The largest absolute Gasteiger partial charge is 0.225 e. The van der Waals surface area contributed by atoms with E-state index < -0.39 is 0 Å². The van der Waals surface area contributed by atoms with Crippen molar-refractivity contribution < 1.29 is 0 Å². The molecule has 0 amide bonds. The maximum atomic E-state index is 4.33. The number of thiol groups is 2. The third-order valence-electron chi connectivity index (χ3n) is 1.72. The first kappa shape index (κ1) is 9.48. The molecule has 2 rings (SSSR count). The summed E-state index contributed by atoms with van der Waals surface area (Å²) in [7, 11) is 0. The Morgan fingerprint density at radius 1 is 1.00 bits per heavy atom. The number of benzene rings is 1. The zero-order valence-electron chi connectivity index (χ0n) is 7.12. The van der Waals surface area contributed by atoms with Crippen LogP contribution in [0.15, 0.2) is 40.6 Å². The van der Waals surface area contributed by atoms with Gasteiger partial charge in [-0.05, 0) is 18.2 Å². The van der Waals surface area contributed by atoms with Crippen LogP contribution in [0.1, 0.15) is 0 Å². The minimum Gasteiger partial charge on any atom is -0.225 e. The van der Waals surface area contributed by atoms with Gasteiger partial charge in [0.25, 0.3) is 0 Å². The molecule has 0 saturated heterocycles. The van der Waals surface area contributed by atoms with Crippen LogP contribution in [0, 0.1) is 0 Å². The summed E-state index contributed by atoms with van der Waals surface area (Å²) >= 11 is 8.54. The lowest BCUT2D eigenvalue weighted by Crippen LogP contribution is -1.90. The fourth-order valence-corrected chi connectivity index (χ4v) is 1.71. The average molecular weight is 221 g/mol. The molecule has 0 radical (unpaired) electrons. The predicted octanol–water partition coefficient (Wildman–Crippen LogP) is 2.12. The highest BCUT2D eigenvalue weighted by atomic mass is 32.1. The minimum atomic E-state index is 0.623. The first-order valence-electron chi connectivity index (χ1n) is 3.92. The van der Waals surface area contributed by atoms with Crippen molar-refractivity contribution in [1.82, 2.24) is 15.0 Å². The van der Waals surface area contributed by atoms with Gasteiger partial charge >= 0.3 is 0 Å². The first-order chi connectivity index (χ1) is 6.77. The Hall–Kier alpha value is -1.07. The summed E-state index contributed by atoms with van der Waals surface area (Å²) < 4.78 is 0. The Kier molecular flexibility index (Phi) is 2.69. The first-order valence-corrected chi connectivity index (χ1v) is 4.81. The highest BCUT2D eigenvalue weighted by Crippen LogP contribution is 2.25. The van der Waals surface area contributed by atoms with E-state index in [-0.39, 0.29) is 0 Å². The van der Waals surface area contributed by atoms with Gasteiger partial charge in [-0.1, -0.05) is 0 Å². The van der Waals surface area contributed by atoms with Crippen LogP contribution in [-0.4, -0.2) is 15.0 Å². The van der Waals surface area contributed by atoms with E-state index in [2.05, 4.69) is 40.2 Å². The van der Waals surface area contributed by atoms with Gasteiger partial charge in [0.15, 0.2) is 5.82 Å². The highest BCUT2D eigenvalue weighted by molar-refractivity contribution is 7.81. The second kappa shape index (κ2) is 3.98. The lowest BCUT2D eigenvalue weighted by Gasteiger charge is -2.02. The van der Waals surface area contributed by atoms with Crippen molar-refractivity contribution >= 4 is 25.3 Å². The van der Waals surface area contributed by atoms with Crippen LogP contribution in [0.2, 0.25) is 0 Å². The third kappa shape index (κ3) is 1.88. The molecule has 0 fully saturated rings. The van der Waals surface area contributed by atoms with Crippen molar-refractivity contribution in [3.05, 3.63) is 30.9 Å². The van der Waals surface area contributed by atoms with Gasteiger partial charge in [-0.2, -0.15) is 0 Å². The van der Waals surface area contributed by atoms with Crippen molar-refractivity contribution in [2.75, 3.05) is 0 Å². The van der Waals surface area contributed by atoms with Crippen molar-refractivity contribution in [1.29, 1.82) is 0 Å². The lowest BCUT2D eigenvalue weighted by atomic mass is 10.2. The van der Waals surface area contributed by atoms with Crippen LogP contribution in [0.25, 0.3) is 11.4 Å². The van der Waals surface area contributed by atoms with Crippen LogP contribution in [0.4, 0.5) is 0 Å². The normalized spacial score (nSPS) is 10.1. The molecule has 1 heterocycles. The Bertz CT molecular complexity index is 445. The quantitative estimate of drug-likeness (QED) is 0.724. The Morgan fingerprint density at radius 2 is 1.71 bits per heavy atom. The summed E-state index contributed by atoms with van der Waals surface area (Å²) in [5.74, 6) is 0.623. The highest BCUT2D eigenvalue weighted by Gasteiger charge is 2.04. The summed E-state index contributed by atoms with van der Waals surface area (Å²) in [4.78, 5) is 13.5. The van der Waals surface area contributed by atoms with Gasteiger partial charge < -0.3 is 0 Å². The molecule has 0 aliphatic heterocycles. The van der Waals surface area contributed by atoms with E-state index in [1.807, 2.05) is 18.2 Å². The molecule has 0 saturated carbocycles. The summed E-state index contributed by atoms with van der Waals surface area (Å²) in [6, 6.07) is 5.62. The van der Waals surface area contributed by atoms with Gasteiger partial charge in [-0.15, -0.1) is 25.3 Å². The molecule has 3 nitrogen and oxygen atoms in total. The third-order valence-corrected chi connectivity index (χ3v) is 2.36. The van der Waals surface area contributed by atoms with Gasteiger partial charge in [0, 0.05) is 15.4 Å². The smallest absolute Gasteiger partial charge is 0.163 e. The number of aromatic nitrogens is 3. The lowest BCUT2D eigenvalue weighted by molar-refractivity contribution is 1.05. The van der Waals surface area contributed by atoms with E-state index in [0.717, 1.165) is 15.4 Å². The molecule has 0 spiro atoms. The fourth-order valence-electron chi connectivity index (χ4n) is 1.09. The molecule has 70 valence electrons. The molecular formula is C9H7N3S2. The predicted molar refractivity (Wildman–Crippen MR) is 59.8 cm³/mol. The van der Waals surface area contributed by atoms with E-state index >= 15 is 0 Å². The number of hydrogen-bond acceptors (Lipinski definition) is 5. The summed E-state index contributed by atoms with van der Waals surface area (Å²) in [6.45, 7) is 0. The molecule has 0 aliphatic rings. The van der Waals surface area contributed by atoms with Crippen LogP contribution >= 0.6 is 25.3 Å². The van der Waals surface area contributed by atoms with Crippen LogP contribution in [-0.2, 0) is 0 Å². The molecule has 2 aromatic rings. The average Bonchev–Trinajstić information content (AvgIpc) is 2.19. The molecule has 0 bridgehead atoms. The van der Waals surface area contributed by atoms with Crippen LogP contribution in [0.5, 0.6) is 0 Å². The standard InChI is InChI=1S/C9H7N3S2/c13-6-1-2-7(8(14)3-6)9-11-4-10-5-12-9/h1-5,13-14H. The summed E-state index contributed by atoms with van der Waals surface area (Å²) in [5.41, 5.74) is 0.883. The fraction of sp³-hybridized carbons (Fsp3) is 0. The van der Waals surface area contributed by atoms with Gasteiger partial charge in [0.2, 0.25) is 0 Å². The van der Waals surface area contributed by atoms with E-state index in [4.69, 9.17) is 0 Å². The van der Waals surface area contributed by atoms with E-state index in [1.165, 1.54) is 12.7 Å². The summed E-state index contributed by atoms with van der Waals surface area (Å²) in [5, 5.41) is 0. The van der Waals surface area contributed by atoms with Gasteiger partial charge in [0.1, 0.15) is 12.7 Å². The molecular weight excluding hydrogens is 214 g/mol. The SMILES string of the molecule is Sc1ccc(-c2ncncn2)c(S)c1. The second-order valence-corrected chi connectivity index (χ2v) is 3.66. The number of rotatable bonds is 1. The topological polar surface area (TPSA) is 38.7 Å². The molecule has 1 aromatic heterocycles. The molecule has 0 N–H and O–H groups in total. The van der Waals surface area contributed by atoms with Crippen molar-refractivity contribution in [2.45, 2.75) is 9.79 Å². The minimum absolute atomic E-state index is 0.623. The van der Waals surface area contributed by atoms with Gasteiger partial charge in [-0.3, -0.25) is 0 Å². The maximum absolute atomic E-state index is 4.33. The molecule has 5 heteroatoms. The number of hydrogen-bond donors (Lipinski definition) is 2.